The fraction of sp³-hybridized carbons (Fsp3) is 0.611. The molecule has 0 bridgehead atoms. The van der Waals surface area contributed by atoms with Crippen molar-refractivity contribution in [2.45, 2.75) is 43.3 Å². The van der Waals surface area contributed by atoms with E-state index in [2.05, 4.69) is 31.3 Å². The lowest BCUT2D eigenvalue weighted by Gasteiger charge is -2.41. The molecule has 1 fully saturated rings. The minimum absolute atomic E-state index is 0.0536. The molecule has 1 saturated carbocycles. The predicted octanol–water partition coefficient (Wildman–Crippen LogP) is 3.74. The van der Waals surface area contributed by atoms with Crippen molar-refractivity contribution in [1.29, 1.82) is 0 Å². The van der Waals surface area contributed by atoms with E-state index in [-0.39, 0.29) is 16.6 Å². The molecule has 0 heterocycles. The van der Waals surface area contributed by atoms with E-state index in [4.69, 9.17) is 4.74 Å². The summed E-state index contributed by atoms with van der Waals surface area (Å²) in [6, 6.07) is 10.1. The maximum atomic E-state index is 12.6. The van der Waals surface area contributed by atoms with Crippen molar-refractivity contribution in [3.8, 4) is 0 Å². The lowest BCUT2D eigenvalue weighted by molar-refractivity contribution is -0.122. The van der Waals surface area contributed by atoms with Crippen LogP contribution in [-0.4, -0.2) is 31.4 Å². The first-order valence-electron chi connectivity index (χ1n) is 8.05. The maximum absolute atomic E-state index is 12.6. The summed E-state index contributed by atoms with van der Waals surface area (Å²) < 4.78 is 5.33. The van der Waals surface area contributed by atoms with Crippen LogP contribution < -0.4 is 5.32 Å². The van der Waals surface area contributed by atoms with Crippen LogP contribution in [0.25, 0.3) is 0 Å². The fourth-order valence-corrected chi connectivity index (χ4v) is 3.94. The number of benzene rings is 1. The quantitative estimate of drug-likeness (QED) is 0.741. The molecule has 0 saturated heterocycles. The van der Waals surface area contributed by atoms with Gasteiger partial charge in [-0.2, -0.15) is 0 Å². The van der Waals surface area contributed by atoms with Gasteiger partial charge in [-0.05, 0) is 30.9 Å². The van der Waals surface area contributed by atoms with Gasteiger partial charge in [0.25, 0.3) is 0 Å². The van der Waals surface area contributed by atoms with E-state index in [1.54, 1.807) is 18.9 Å². The number of hydrogen-bond acceptors (Lipinski definition) is 3. The first kappa shape index (κ1) is 17.4. The molecule has 0 radical (unpaired) electrons. The zero-order chi connectivity index (χ0) is 16.0. The SMILES string of the molecule is COCC1(CNC(=O)C(Sc2ccccc2)C(C)C)CCC1. The van der Waals surface area contributed by atoms with Crippen LogP contribution >= 0.6 is 11.8 Å². The van der Waals surface area contributed by atoms with Crippen molar-refractivity contribution in [2.75, 3.05) is 20.3 Å². The van der Waals surface area contributed by atoms with E-state index in [9.17, 15) is 4.79 Å². The number of rotatable bonds is 8. The molecule has 1 atom stereocenters. The minimum Gasteiger partial charge on any atom is -0.384 e. The molecule has 2 rings (SSSR count). The number of thioether (sulfide) groups is 1. The van der Waals surface area contributed by atoms with Gasteiger partial charge in [-0.15, -0.1) is 11.8 Å². The van der Waals surface area contributed by atoms with E-state index < -0.39 is 0 Å². The molecule has 1 amide bonds. The molecule has 1 aromatic rings. The number of carbonyl (C=O) groups is 1. The smallest absolute Gasteiger partial charge is 0.233 e. The highest BCUT2D eigenvalue weighted by Gasteiger charge is 2.38. The summed E-state index contributed by atoms with van der Waals surface area (Å²) in [5, 5.41) is 3.12. The van der Waals surface area contributed by atoms with Gasteiger partial charge in [0.05, 0.1) is 11.9 Å². The highest BCUT2D eigenvalue weighted by atomic mass is 32.2. The lowest BCUT2D eigenvalue weighted by Crippen LogP contribution is -2.47. The van der Waals surface area contributed by atoms with Crippen molar-refractivity contribution in [1.82, 2.24) is 5.32 Å². The molecule has 0 aromatic heterocycles. The first-order valence-corrected chi connectivity index (χ1v) is 8.93. The number of hydrogen-bond donors (Lipinski definition) is 1. The average molecular weight is 321 g/mol. The summed E-state index contributed by atoms with van der Waals surface area (Å²) in [7, 11) is 1.74. The average Bonchev–Trinajstić information content (AvgIpc) is 2.48. The van der Waals surface area contributed by atoms with E-state index in [1.165, 1.54) is 6.42 Å². The monoisotopic (exact) mass is 321 g/mol. The minimum atomic E-state index is -0.0536. The maximum Gasteiger partial charge on any atom is 0.233 e. The van der Waals surface area contributed by atoms with Gasteiger partial charge in [-0.25, -0.2) is 0 Å². The normalized spacial score (nSPS) is 17.8. The van der Waals surface area contributed by atoms with E-state index in [0.29, 0.717) is 5.92 Å². The van der Waals surface area contributed by atoms with Gasteiger partial charge < -0.3 is 10.1 Å². The molecule has 1 aliphatic rings. The third-order valence-corrected chi connectivity index (χ3v) is 5.93. The van der Waals surface area contributed by atoms with Crippen LogP contribution in [0.4, 0.5) is 0 Å². The summed E-state index contributed by atoms with van der Waals surface area (Å²) in [6.07, 6.45) is 3.55. The number of ether oxygens (including phenoxy) is 1. The number of carbonyl (C=O) groups excluding carboxylic acids is 1. The van der Waals surface area contributed by atoms with Crippen LogP contribution in [0.5, 0.6) is 0 Å². The van der Waals surface area contributed by atoms with Crippen LogP contribution in [0.3, 0.4) is 0 Å². The summed E-state index contributed by atoms with van der Waals surface area (Å²) in [5.74, 6) is 0.441. The zero-order valence-electron chi connectivity index (χ0n) is 13.8. The topological polar surface area (TPSA) is 38.3 Å². The zero-order valence-corrected chi connectivity index (χ0v) is 14.6. The third-order valence-electron chi connectivity index (χ3n) is 4.37. The molecular weight excluding hydrogens is 294 g/mol. The number of nitrogens with one attached hydrogen (secondary N) is 1. The molecular formula is C18H27NO2S. The second kappa shape index (κ2) is 8.02. The van der Waals surface area contributed by atoms with Crippen molar-refractivity contribution < 1.29 is 9.53 Å². The standard InChI is InChI=1S/C18H27NO2S/c1-14(2)16(22-15-8-5-4-6-9-15)17(20)19-12-18(13-21-3)10-7-11-18/h4-6,8-9,14,16H,7,10-13H2,1-3H3,(H,19,20). The molecule has 1 aliphatic carbocycles. The Morgan fingerprint density at radius 2 is 2.00 bits per heavy atom. The predicted molar refractivity (Wildman–Crippen MR) is 92.1 cm³/mol. The van der Waals surface area contributed by atoms with E-state index >= 15 is 0 Å². The van der Waals surface area contributed by atoms with Crippen molar-refractivity contribution in [2.24, 2.45) is 11.3 Å². The Kier molecular flexibility index (Phi) is 6.33. The molecule has 1 aromatic carbocycles. The summed E-state index contributed by atoms with van der Waals surface area (Å²) in [4.78, 5) is 13.8. The Balaban J connectivity index is 1.92. The summed E-state index contributed by atoms with van der Waals surface area (Å²) in [5.41, 5.74) is 0.170. The van der Waals surface area contributed by atoms with Crippen molar-refractivity contribution in [3.05, 3.63) is 30.3 Å². The molecule has 3 nitrogen and oxygen atoms in total. The van der Waals surface area contributed by atoms with Gasteiger partial charge in [0.15, 0.2) is 0 Å². The Morgan fingerprint density at radius 3 is 2.50 bits per heavy atom. The van der Waals surface area contributed by atoms with Gasteiger partial charge in [-0.3, -0.25) is 4.79 Å². The molecule has 1 N–H and O–H groups in total. The Labute approximate surface area is 138 Å². The molecule has 4 heteroatoms. The summed E-state index contributed by atoms with van der Waals surface area (Å²) in [6.45, 7) is 5.69. The third kappa shape index (κ3) is 4.50. The first-order chi connectivity index (χ1) is 10.6. The van der Waals surface area contributed by atoms with Gasteiger partial charge in [-0.1, -0.05) is 38.5 Å². The largest absolute Gasteiger partial charge is 0.384 e. The Bertz CT molecular complexity index is 471. The van der Waals surface area contributed by atoms with Crippen molar-refractivity contribution >= 4 is 17.7 Å². The number of amides is 1. The Hall–Kier alpha value is -1.00. The van der Waals surface area contributed by atoms with Crippen LogP contribution in [-0.2, 0) is 9.53 Å². The Morgan fingerprint density at radius 1 is 1.32 bits per heavy atom. The van der Waals surface area contributed by atoms with E-state index in [0.717, 1.165) is 30.9 Å². The number of methoxy groups -OCH3 is 1. The highest BCUT2D eigenvalue weighted by Crippen LogP contribution is 2.40. The van der Waals surface area contributed by atoms with Crippen LogP contribution in [0, 0.1) is 11.3 Å². The van der Waals surface area contributed by atoms with Crippen LogP contribution in [0.2, 0.25) is 0 Å². The van der Waals surface area contributed by atoms with Gasteiger partial charge in [0.2, 0.25) is 5.91 Å². The van der Waals surface area contributed by atoms with Crippen molar-refractivity contribution in [3.63, 3.8) is 0 Å². The van der Waals surface area contributed by atoms with Crippen LogP contribution in [0.15, 0.2) is 35.2 Å². The molecule has 122 valence electrons. The molecule has 0 aliphatic heterocycles. The second-order valence-electron chi connectivity index (χ2n) is 6.60. The summed E-state index contributed by atoms with van der Waals surface area (Å²) >= 11 is 1.65. The lowest BCUT2D eigenvalue weighted by atomic mass is 9.69. The van der Waals surface area contributed by atoms with Gasteiger partial charge in [0.1, 0.15) is 0 Å². The highest BCUT2D eigenvalue weighted by molar-refractivity contribution is 8.00. The second-order valence-corrected chi connectivity index (χ2v) is 7.81. The van der Waals surface area contributed by atoms with E-state index in [1.807, 2.05) is 18.2 Å². The van der Waals surface area contributed by atoms with Crippen LogP contribution in [0.1, 0.15) is 33.1 Å². The molecule has 22 heavy (non-hydrogen) atoms. The fourth-order valence-electron chi connectivity index (χ4n) is 2.87. The molecule has 1 unspecified atom stereocenters. The molecule has 0 spiro atoms. The van der Waals surface area contributed by atoms with Gasteiger partial charge in [0, 0.05) is 24.0 Å². The van der Waals surface area contributed by atoms with Gasteiger partial charge >= 0.3 is 0 Å².